The van der Waals surface area contributed by atoms with Gasteiger partial charge < -0.3 is 9.64 Å². The predicted molar refractivity (Wildman–Crippen MR) is 127 cm³/mol. The molecular weight excluding hydrogens is 400 g/mol. The summed E-state index contributed by atoms with van der Waals surface area (Å²) in [4.78, 5) is 31.3. The van der Waals surface area contributed by atoms with Gasteiger partial charge in [0.05, 0.1) is 12.2 Å². The number of carbonyl (C=O) groups excluding carboxylic acids is 2. The highest BCUT2D eigenvalue weighted by molar-refractivity contribution is 6.35. The van der Waals surface area contributed by atoms with Crippen molar-refractivity contribution in [2.45, 2.75) is 84.1 Å². The Balaban J connectivity index is 1.66. The number of hydrogen-bond donors (Lipinski definition) is 0. The Kier molecular flexibility index (Phi) is 7.54. The summed E-state index contributed by atoms with van der Waals surface area (Å²) < 4.78 is 5.73. The summed E-state index contributed by atoms with van der Waals surface area (Å²) in [6.45, 7) is 6.71. The van der Waals surface area contributed by atoms with Crippen molar-refractivity contribution in [3.8, 4) is 5.75 Å². The van der Waals surface area contributed by atoms with Crippen molar-refractivity contribution in [3.05, 3.63) is 35.5 Å². The second-order valence-corrected chi connectivity index (χ2v) is 9.75. The van der Waals surface area contributed by atoms with Crippen LogP contribution in [0.3, 0.4) is 0 Å². The Hall–Kier alpha value is -2.30. The van der Waals surface area contributed by atoms with E-state index in [0.29, 0.717) is 23.8 Å². The quantitative estimate of drug-likeness (QED) is 0.558. The van der Waals surface area contributed by atoms with Crippen molar-refractivity contribution in [1.82, 2.24) is 9.80 Å². The highest BCUT2D eigenvalue weighted by Gasteiger charge is 2.44. The number of benzene rings is 1. The van der Waals surface area contributed by atoms with E-state index in [1.54, 1.807) is 4.90 Å². The summed E-state index contributed by atoms with van der Waals surface area (Å²) in [5.74, 6) is 1.30. The molecule has 0 radical (unpaired) electrons. The van der Waals surface area contributed by atoms with E-state index >= 15 is 0 Å². The largest absolute Gasteiger partial charge is 0.494 e. The van der Waals surface area contributed by atoms with E-state index in [1.807, 2.05) is 24.3 Å². The van der Waals surface area contributed by atoms with Gasteiger partial charge in [0.25, 0.3) is 11.8 Å². The Morgan fingerprint density at radius 2 is 1.50 bits per heavy atom. The van der Waals surface area contributed by atoms with Crippen LogP contribution in [0.15, 0.2) is 30.0 Å². The monoisotopic (exact) mass is 438 g/mol. The van der Waals surface area contributed by atoms with Gasteiger partial charge in [-0.05, 0) is 55.7 Å². The molecule has 4 rings (SSSR count). The van der Waals surface area contributed by atoms with Crippen molar-refractivity contribution in [1.29, 1.82) is 0 Å². The van der Waals surface area contributed by atoms with E-state index in [2.05, 4.69) is 18.7 Å². The van der Waals surface area contributed by atoms with Crippen LogP contribution >= 0.6 is 0 Å². The highest BCUT2D eigenvalue weighted by atomic mass is 16.5. The molecule has 0 atom stereocenters. The zero-order valence-electron chi connectivity index (χ0n) is 19.8. The summed E-state index contributed by atoms with van der Waals surface area (Å²) in [6, 6.07) is 7.76. The maximum Gasteiger partial charge on any atom is 0.278 e. The second kappa shape index (κ2) is 10.5. The van der Waals surface area contributed by atoms with Gasteiger partial charge in [0.15, 0.2) is 0 Å². The molecular formula is C27H38N2O3. The molecule has 0 N–H and O–H groups in total. The molecule has 5 nitrogen and oxygen atoms in total. The number of nitrogens with zero attached hydrogens (tertiary/aromatic N) is 2. The fourth-order valence-corrected chi connectivity index (χ4v) is 5.28. The molecule has 3 aliphatic rings. The Morgan fingerprint density at radius 1 is 0.875 bits per heavy atom. The molecule has 2 aliphatic heterocycles. The lowest BCUT2D eigenvalue weighted by Crippen LogP contribution is -2.43. The first-order valence-corrected chi connectivity index (χ1v) is 12.7. The van der Waals surface area contributed by atoms with Crippen LogP contribution in [-0.2, 0) is 9.59 Å². The van der Waals surface area contributed by atoms with Gasteiger partial charge in [-0.25, -0.2) is 0 Å². The lowest BCUT2D eigenvalue weighted by Gasteiger charge is -2.33. The van der Waals surface area contributed by atoms with Crippen LogP contribution in [0.5, 0.6) is 5.75 Å². The zero-order chi connectivity index (χ0) is 22.5. The van der Waals surface area contributed by atoms with E-state index in [4.69, 9.17) is 4.74 Å². The maximum absolute atomic E-state index is 13.8. The third kappa shape index (κ3) is 4.87. The average molecular weight is 439 g/mol. The van der Waals surface area contributed by atoms with Gasteiger partial charge in [-0.3, -0.25) is 14.5 Å². The number of imide groups is 1. The first kappa shape index (κ1) is 22.9. The number of ether oxygens (including phenoxy) is 1. The van der Waals surface area contributed by atoms with Gasteiger partial charge in [-0.15, -0.1) is 0 Å². The van der Waals surface area contributed by atoms with Crippen LogP contribution in [0.25, 0.3) is 5.57 Å². The van der Waals surface area contributed by atoms with Gasteiger partial charge in [-0.2, -0.15) is 0 Å². The third-order valence-corrected chi connectivity index (χ3v) is 7.25. The molecule has 0 spiro atoms. The van der Waals surface area contributed by atoms with Crippen molar-refractivity contribution in [3.63, 3.8) is 0 Å². The molecule has 2 heterocycles. The van der Waals surface area contributed by atoms with Crippen LogP contribution < -0.4 is 4.74 Å². The third-order valence-electron chi connectivity index (χ3n) is 7.25. The minimum absolute atomic E-state index is 0.0266. The van der Waals surface area contributed by atoms with Crippen molar-refractivity contribution >= 4 is 17.4 Å². The molecule has 2 fully saturated rings. The Labute approximate surface area is 192 Å². The number of hydrogen-bond acceptors (Lipinski definition) is 4. The van der Waals surface area contributed by atoms with E-state index in [1.165, 1.54) is 19.3 Å². The number of carbonyl (C=O) groups is 2. The Bertz CT molecular complexity index is 829. The topological polar surface area (TPSA) is 49.9 Å². The number of likely N-dealkylation sites (tertiary alicyclic amines) is 1. The van der Waals surface area contributed by atoms with E-state index in [9.17, 15) is 9.59 Å². The minimum Gasteiger partial charge on any atom is -0.494 e. The molecule has 0 aromatic heterocycles. The molecule has 5 heteroatoms. The minimum atomic E-state index is -0.101. The van der Waals surface area contributed by atoms with Gasteiger partial charge in [0, 0.05) is 19.1 Å². The first-order chi connectivity index (χ1) is 15.6. The molecule has 1 saturated carbocycles. The van der Waals surface area contributed by atoms with Crippen molar-refractivity contribution in [2.24, 2.45) is 5.92 Å². The molecule has 1 aromatic rings. The Morgan fingerprint density at radius 3 is 2.12 bits per heavy atom. The average Bonchev–Trinajstić information content (AvgIpc) is 3.03. The fraction of sp³-hybridized carbons (Fsp3) is 0.630. The first-order valence-electron chi connectivity index (χ1n) is 12.7. The lowest BCUT2D eigenvalue weighted by atomic mass is 9.95. The van der Waals surface area contributed by atoms with Gasteiger partial charge in [-0.1, -0.05) is 58.1 Å². The van der Waals surface area contributed by atoms with Crippen LogP contribution in [0.1, 0.15) is 83.6 Å². The number of piperidine rings is 1. The van der Waals surface area contributed by atoms with Gasteiger partial charge in [0.1, 0.15) is 11.4 Å². The molecule has 1 aromatic carbocycles. The molecule has 1 aliphatic carbocycles. The summed E-state index contributed by atoms with van der Waals surface area (Å²) in [7, 11) is 0. The molecule has 0 bridgehead atoms. The standard InChI is InChI=1S/C27H38N2O3/c1-3-19-32-23-13-11-21(12-14-23)24-25(28-17-15-20(2)16-18-28)27(31)29(26(24)30)22-9-7-5-4-6-8-10-22/h11-14,20,22H,3-10,15-19H2,1-2H3. The van der Waals surface area contributed by atoms with Crippen LogP contribution in [0.4, 0.5) is 0 Å². The fourth-order valence-electron chi connectivity index (χ4n) is 5.28. The van der Waals surface area contributed by atoms with E-state index in [0.717, 1.165) is 69.3 Å². The van der Waals surface area contributed by atoms with Gasteiger partial charge in [0.2, 0.25) is 0 Å². The highest BCUT2D eigenvalue weighted by Crippen LogP contribution is 2.37. The van der Waals surface area contributed by atoms with Crippen molar-refractivity contribution < 1.29 is 14.3 Å². The lowest BCUT2D eigenvalue weighted by molar-refractivity contribution is -0.140. The predicted octanol–water partition coefficient (Wildman–Crippen LogP) is 5.40. The second-order valence-electron chi connectivity index (χ2n) is 9.75. The molecule has 0 unspecified atom stereocenters. The summed E-state index contributed by atoms with van der Waals surface area (Å²) >= 11 is 0. The maximum atomic E-state index is 13.8. The van der Waals surface area contributed by atoms with E-state index in [-0.39, 0.29) is 17.9 Å². The van der Waals surface area contributed by atoms with Crippen LogP contribution in [0.2, 0.25) is 0 Å². The van der Waals surface area contributed by atoms with Crippen LogP contribution in [0, 0.1) is 5.92 Å². The summed E-state index contributed by atoms with van der Waals surface area (Å²) in [5, 5.41) is 0. The summed E-state index contributed by atoms with van der Waals surface area (Å²) in [6.07, 6.45) is 10.8. The SMILES string of the molecule is CCCOc1ccc(C2=C(N3CCC(C)CC3)C(=O)N(C3CCCCCCC3)C2=O)cc1. The molecule has 174 valence electrons. The smallest absolute Gasteiger partial charge is 0.278 e. The van der Waals surface area contributed by atoms with E-state index < -0.39 is 0 Å². The van der Waals surface area contributed by atoms with Crippen LogP contribution in [-0.4, -0.2) is 47.4 Å². The molecule has 32 heavy (non-hydrogen) atoms. The van der Waals surface area contributed by atoms with Gasteiger partial charge >= 0.3 is 0 Å². The summed E-state index contributed by atoms with van der Waals surface area (Å²) in [5.41, 5.74) is 2.05. The number of rotatable bonds is 6. The number of amides is 2. The molecule has 1 saturated heterocycles. The van der Waals surface area contributed by atoms with Crippen molar-refractivity contribution in [2.75, 3.05) is 19.7 Å². The normalized spacial score (nSPS) is 21.8. The molecule has 2 amide bonds. The zero-order valence-corrected chi connectivity index (χ0v) is 19.8.